The molecule has 0 fully saturated rings. The van der Waals surface area contributed by atoms with E-state index in [2.05, 4.69) is 22.0 Å². The molecule has 0 amide bonds. The molecule has 0 bridgehead atoms. The van der Waals surface area contributed by atoms with Crippen molar-refractivity contribution in [2.45, 2.75) is 25.9 Å². The number of rotatable bonds is 3. The summed E-state index contributed by atoms with van der Waals surface area (Å²) in [5, 5.41) is 4.12. The van der Waals surface area contributed by atoms with Crippen molar-refractivity contribution >= 4 is 5.71 Å². The Balaban J connectivity index is 1.80. The fraction of sp³-hybridized carbons (Fsp3) is 0.267. The second kappa shape index (κ2) is 5.18. The average Bonchev–Trinajstić information content (AvgIpc) is 2.97. The van der Waals surface area contributed by atoms with Gasteiger partial charge in [-0.2, -0.15) is 0 Å². The van der Waals surface area contributed by atoms with Crippen LogP contribution in [0.3, 0.4) is 0 Å². The fourth-order valence-electron chi connectivity index (χ4n) is 2.07. The van der Waals surface area contributed by atoms with Crippen LogP contribution in [0, 0.1) is 0 Å². The summed E-state index contributed by atoms with van der Waals surface area (Å²) in [6, 6.07) is 7.94. The molecule has 0 aromatic carbocycles. The zero-order valence-electron chi connectivity index (χ0n) is 10.8. The minimum absolute atomic E-state index is 0.216. The molecule has 96 valence electrons. The molecule has 4 heteroatoms. The van der Waals surface area contributed by atoms with Crippen LogP contribution in [0.4, 0.5) is 0 Å². The summed E-state index contributed by atoms with van der Waals surface area (Å²) in [6.07, 6.45) is 7.48. The summed E-state index contributed by atoms with van der Waals surface area (Å²) in [4.78, 5) is 13.9. The molecule has 3 heterocycles. The van der Waals surface area contributed by atoms with Gasteiger partial charge in [-0.25, -0.2) is 0 Å². The van der Waals surface area contributed by atoms with Gasteiger partial charge in [0.1, 0.15) is 6.10 Å². The van der Waals surface area contributed by atoms with E-state index in [9.17, 15) is 0 Å². The molecule has 0 spiro atoms. The largest absolute Gasteiger partial charge is 0.392 e. The van der Waals surface area contributed by atoms with Crippen LogP contribution in [0.2, 0.25) is 0 Å². The molecule has 1 aliphatic rings. The highest BCUT2D eigenvalue weighted by molar-refractivity contribution is 6.01. The summed E-state index contributed by atoms with van der Waals surface area (Å²) in [7, 11) is 0. The van der Waals surface area contributed by atoms with E-state index in [1.165, 1.54) is 0 Å². The highest BCUT2D eigenvalue weighted by Crippen LogP contribution is 2.20. The Hall–Kier alpha value is -2.23. The second-order valence-electron chi connectivity index (χ2n) is 4.55. The Morgan fingerprint density at radius 1 is 1.21 bits per heavy atom. The molecule has 19 heavy (non-hydrogen) atoms. The second-order valence-corrected chi connectivity index (χ2v) is 4.55. The predicted octanol–water partition coefficient (Wildman–Crippen LogP) is 3.05. The van der Waals surface area contributed by atoms with Gasteiger partial charge in [0.05, 0.1) is 11.4 Å². The first kappa shape index (κ1) is 11.8. The van der Waals surface area contributed by atoms with Crippen LogP contribution >= 0.6 is 0 Å². The number of oxime groups is 1. The van der Waals surface area contributed by atoms with E-state index in [0.29, 0.717) is 0 Å². The van der Waals surface area contributed by atoms with Crippen LogP contribution in [0.5, 0.6) is 0 Å². The summed E-state index contributed by atoms with van der Waals surface area (Å²) in [6.45, 7) is 2.10. The van der Waals surface area contributed by atoms with E-state index in [1.807, 2.05) is 36.7 Å². The monoisotopic (exact) mass is 253 g/mol. The predicted molar refractivity (Wildman–Crippen MR) is 73.8 cm³/mol. The number of aromatic nitrogens is 2. The van der Waals surface area contributed by atoms with Crippen molar-refractivity contribution in [1.29, 1.82) is 0 Å². The van der Waals surface area contributed by atoms with Crippen molar-refractivity contribution in [2.24, 2.45) is 5.16 Å². The van der Waals surface area contributed by atoms with E-state index in [4.69, 9.17) is 4.84 Å². The number of nitrogens with zero attached hydrogens (tertiary/aromatic N) is 3. The van der Waals surface area contributed by atoms with Crippen molar-refractivity contribution in [3.05, 3.63) is 48.4 Å². The van der Waals surface area contributed by atoms with Gasteiger partial charge in [0.15, 0.2) is 0 Å². The lowest BCUT2D eigenvalue weighted by Crippen LogP contribution is -2.06. The third-order valence-corrected chi connectivity index (χ3v) is 3.24. The third kappa shape index (κ3) is 2.47. The molecule has 1 aliphatic heterocycles. The van der Waals surface area contributed by atoms with Crippen LogP contribution in [0.25, 0.3) is 11.3 Å². The first-order valence-corrected chi connectivity index (χ1v) is 6.46. The summed E-state index contributed by atoms with van der Waals surface area (Å²) >= 11 is 0. The molecular formula is C15H15N3O. The Labute approximate surface area is 112 Å². The van der Waals surface area contributed by atoms with E-state index in [0.717, 1.165) is 35.4 Å². The van der Waals surface area contributed by atoms with Crippen LogP contribution < -0.4 is 0 Å². The Morgan fingerprint density at radius 3 is 2.79 bits per heavy atom. The van der Waals surface area contributed by atoms with Gasteiger partial charge in [-0.15, -0.1) is 0 Å². The van der Waals surface area contributed by atoms with Gasteiger partial charge in [0.25, 0.3) is 0 Å². The first-order chi connectivity index (χ1) is 9.36. The standard InChI is InChI=1S/C15H15N3O/c1-2-13-8-15(18-19-13)12-5-6-14(17-10-12)11-4-3-7-16-9-11/h3-7,9-10,13H,2,8H2,1H3/t13-/m0/s1. The zero-order chi connectivity index (χ0) is 13.1. The van der Waals surface area contributed by atoms with Gasteiger partial charge in [-0.3, -0.25) is 9.97 Å². The normalized spacial score (nSPS) is 17.9. The molecule has 0 saturated heterocycles. The maximum absolute atomic E-state index is 5.33. The Bertz CT molecular complexity index is 578. The molecule has 0 radical (unpaired) electrons. The summed E-state index contributed by atoms with van der Waals surface area (Å²) in [5.74, 6) is 0. The highest BCUT2D eigenvalue weighted by atomic mass is 16.6. The van der Waals surface area contributed by atoms with E-state index >= 15 is 0 Å². The number of pyridine rings is 2. The molecule has 0 unspecified atom stereocenters. The average molecular weight is 253 g/mol. The number of hydrogen-bond acceptors (Lipinski definition) is 4. The van der Waals surface area contributed by atoms with Gasteiger partial charge < -0.3 is 4.84 Å². The van der Waals surface area contributed by atoms with Crippen molar-refractivity contribution in [1.82, 2.24) is 9.97 Å². The van der Waals surface area contributed by atoms with E-state index in [1.54, 1.807) is 6.20 Å². The Kier molecular flexibility index (Phi) is 3.23. The SMILES string of the molecule is CC[C@H]1CC(c2ccc(-c3cccnc3)nc2)=NO1. The van der Waals surface area contributed by atoms with Crippen LogP contribution in [0.15, 0.2) is 48.0 Å². The molecule has 2 aromatic rings. The lowest BCUT2D eigenvalue weighted by molar-refractivity contribution is 0.0829. The quantitative estimate of drug-likeness (QED) is 0.844. The van der Waals surface area contributed by atoms with E-state index < -0.39 is 0 Å². The number of hydrogen-bond donors (Lipinski definition) is 0. The molecule has 3 rings (SSSR count). The third-order valence-electron chi connectivity index (χ3n) is 3.24. The minimum atomic E-state index is 0.216. The smallest absolute Gasteiger partial charge is 0.133 e. The maximum Gasteiger partial charge on any atom is 0.133 e. The van der Waals surface area contributed by atoms with Gasteiger partial charge in [-0.1, -0.05) is 12.1 Å². The molecule has 0 saturated carbocycles. The topological polar surface area (TPSA) is 47.4 Å². The lowest BCUT2D eigenvalue weighted by Gasteiger charge is -2.03. The highest BCUT2D eigenvalue weighted by Gasteiger charge is 2.20. The van der Waals surface area contributed by atoms with Crippen molar-refractivity contribution in [2.75, 3.05) is 0 Å². The van der Waals surface area contributed by atoms with Gasteiger partial charge >= 0.3 is 0 Å². The van der Waals surface area contributed by atoms with Gasteiger partial charge in [-0.05, 0) is 30.7 Å². The molecule has 1 atom stereocenters. The van der Waals surface area contributed by atoms with Crippen molar-refractivity contribution in [3.63, 3.8) is 0 Å². The first-order valence-electron chi connectivity index (χ1n) is 6.46. The minimum Gasteiger partial charge on any atom is -0.392 e. The van der Waals surface area contributed by atoms with Crippen molar-refractivity contribution in [3.8, 4) is 11.3 Å². The van der Waals surface area contributed by atoms with Crippen LogP contribution in [-0.4, -0.2) is 21.8 Å². The molecule has 2 aromatic heterocycles. The lowest BCUT2D eigenvalue weighted by atomic mass is 10.0. The maximum atomic E-state index is 5.33. The fourth-order valence-corrected chi connectivity index (χ4v) is 2.07. The summed E-state index contributed by atoms with van der Waals surface area (Å²) in [5.41, 5.74) is 3.95. The zero-order valence-corrected chi connectivity index (χ0v) is 10.8. The van der Waals surface area contributed by atoms with Crippen LogP contribution in [-0.2, 0) is 4.84 Å². The van der Waals surface area contributed by atoms with Crippen LogP contribution in [0.1, 0.15) is 25.3 Å². The summed E-state index contributed by atoms with van der Waals surface area (Å²) < 4.78 is 0. The van der Waals surface area contributed by atoms with Gasteiger partial charge in [0.2, 0.25) is 0 Å². The van der Waals surface area contributed by atoms with Crippen molar-refractivity contribution < 1.29 is 4.84 Å². The van der Waals surface area contributed by atoms with E-state index in [-0.39, 0.29) is 6.10 Å². The Morgan fingerprint density at radius 2 is 2.16 bits per heavy atom. The van der Waals surface area contributed by atoms with Gasteiger partial charge in [0, 0.05) is 36.1 Å². The molecular weight excluding hydrogens is 238 g/mol. The molecule has 0 N–H and O–H groups in total. The molecule has 4 nitrogen and oxygen atoms in total. The molecule has 0 aliphatic carbocycles.